The van der Waals surface area contributed by atoms with Crippen LogP contribution in [0.1, 0.15) is 22.9 Å². The lowest BCUT2D eigenvalue weighted by Gasteiger charge is -2.24. The van der Waals surface area contributed by atoms with Crippen molar-refractivity contribution in [3.05, 3.63) is 88.9 Å². The number of rotatable bonds is 4. The monoisotopic (exact) mass is 420 g/mol. The smallest absolute Gasteiger partial charge is 0.253 e. The Morgan fingerprint density at radius 3 is 2.55 bits per heavy atom. The maximum atomic E-state index is 13.5. The molecule has 8 heteroatoms. The highest BCUT2D eigenvalue weighted by Gasteiger charge is 2.38. The van der Waals surface area contributed by atoms with Crippen LogP contribution < -0.4 is 0 Å². The highest BCUT2D eigenvalue weighted by Crippen LogP contribution is 2.39. The summed E-state index contributed by atoms with van der Waals surface area (Å²) in [4.78, 5) is 10.0. The Morgan fingerprint density at radius 1 is 0.931 bits per heavy atom. The SMILES string of the molecule is O=S(=O)(c1ccccc1)N1N=C(c2cccs2)C[C@H]1c1cccc2nccnc12. The van der Waals surface area contributed by atoms with E-state index in [2.05, 4.69) is 15.1 Å². The molecular formula is C21H16N4O2S2. The zero-order valence-corrected chi connectivity index (χ0v) is 16.8. The molecule has 0 aliphatic carbocycles. The third kappa shape index (κ3) is 3.10. The fourth-order valence-electron chi connectivity index (χ4n) is 3.52. The molecule has 3 heterocycles. The van der Waals surface area contributed by atoms with Gasteiger partial charge in [0.1, 0.15) is 0 Å². The maximum Gasteiger partial charge on any atom is 0.279 e. The molecule has 29 heavy (non-hydrogen) atoms. The van der Waals surface area contributed by atoms with Crippen LogP contribution in [0.2, 0.25) is 0 Å². The van der Waals surface area contributed by atoms with E-state index in [0.717, 1.165) is 21.7 Å². The van der Waals surface area contributed by atoms with Gasteiger partial charge in [-0.25, -0.2) is 0 Å². The molecular weight excluding hydrogens is 404 g/mol. The van der Waals surface area contributed by atoms with Crippen molar-refractivity contribution in [2.45, 2.75) is 17.4 Å². The first-order valence-electron chi connectivity index (χ1n) is 9.05. The molecule has 0 N–H and O–H groups in total. The van der Waals surface area contributed by atoms with Gasteiger partial charge in [0, 0.05) is 24.4 Å². The predicted octanol–water partition coefficient (Wildman–Crippen LogP) is 4.23. The lowest BCUT2D eigenvalue weighted by atomic mass is 10.0. The molecule has 0 saturated heterocycles. The zero-order chi connectivity index (χ0) is 19.8. The fraction of sp³-hybridized carbons (Fsp3) is 0.0952. The summed E-state index contributed by atoms with van der Waals surface area (Å²) in [5, 5.41) is 6.53. The lowest BCUT2D eigenvalue weighted by molar-refractivity contribution is 0.373. The van der Waals surface area contributed by atoms with E-state index in [1.54, 1.807) is 54.1 Å². The Morgan fingerprint density at radius 2 is 1.76 bits per heavy atom. The summed E-state index contributed by atoms with van der Waals surface area (Å²) < 4.78 is 28.1. The number of aromatic nitrogens is 2. The second-order valence-corrected chi connectivity index (χ2v) is 9.35. The number of hydrogen-bond donors (Lipinski definition) is 0. The second-order valence-electron chi connectivity index (χ2n) is 6.61. The maximum absolute atomic E-state index is 13.5. The van der Waals surface area contributed by atoms with E-state index in [4.69, 9.17) is 0 Å². The fourth-order valence-corrected chi connectivity index (χ4v) is 5.69. The molecule has 4 aromatic rings. The van der Waals surface area contributed by atoms with Crippen molar-refractivity contribution in [1.29, 1.82) is 0 Å². The minimum Gasteiger partial charge on any atom is -0.253 e. The molecule has 0 fully saturated rings. The first kappa shape index (κ1) is 18.0. The Bertz CT molecular complexity index is 1300. The number of hydrogen-bond acceptors (Lipinski definition) is 6. The number of benzene rings is 2. The van der Waals surface area contributed by atoms with Crippen LogP contribution in [-0.2, 0) is 10.0 Å². The third-order valence-corrected chi connectivity index (χ3v) is 7.47. The standard InChI is InChI=1S/C21H16N4O2S2/c26-29(27,15-6-2-1-3-7-15)25-19(14-18(24-25)20-10-5-13-28-20)16-8-4-9-17-21(16)23-12-11-22-17/h1-13,19H,14H2/t19-/m0/s1. The molecule has 1 aliphatic heterocycles. The van der Waals surface area contributed by atoms with E-state index in [0.29, 0.717) is 11.9 Å². The molecule has 2 aromatic heterocycles. The van der Waals surface area contributed by atoms with Crippen LogP contribution in [0.5, 0.6) is 0 Å². The van der Waals surface area contributed by atoms with Crippen LogP contribution in [0.25, 0.3) is 11.0 Å². The van der Waals surface area contributed by atoms with Crippen molar-refractivity contribution < 1.29 is 8.42 Å². The molecule has 144 valence electrons. The Hall–Kier alpha value is -3.10. The first-order valence-corrected chi connectivity index (χ1v) is 11.4. The van der Waals surface area contributed by atoms with Crippen LogP contribution in [-0.4, -0.2) is 28.5 Å². The Balaban J connectivity index is 1.68. The van der Waals surface area contributed by atoms with E-state index in [9.17, 15) is 8.42 Å². The number of hydrazone groups is 1. The third-order valence-electron chi connectivity index (χ3n) is 4.85. The molecule has 0 amide bonds. The number of para-hydroxylation sites is 1. The van der Waals surface area contributed by atoms with Gasteiger partial charge < -0.3 is 0 Å². The summed E-state index contributed by atoms with van der Waals surface area (Å²) in [5.74, 6) is 0. The summed E-state index contributed by atoms with van der Waals surface area (Å²) in [7, 11) is -3.83. The number of thiophene rings is 1. The largest absolute Gasteiger partial charge is 0.279 e. The van der Waals surface area contributed by atoms with E-state index in [1.807, 2.05) is 35.7 Å². The van der Waals surface area contributed by atoms with Crippen molar-refractivity contribution in [2.75, 3.05) is 0 Å². The normalized spacial score (nSPS) is 16.9. The molecule has 1 atom stereocenters. The lowest BCUT2D eigenvalue weighted by Crippen LogP contribution is -2.27. The minimum absolute atomic E-state index is 0.215. The number of nitrogens with zero attached hydrogens (tertiary/aromatic N) is 4. The molecule has 0 unspecified atom stereocenters. The van der Waals surface area contributed by atoms with Gasteiger partial charge in [0.15, 0.2) is 0 Å². The van der Waals surface area contributed by atoms with Crippen molar-refractivity contribution in [3.63, 3.8) is 0 Å². The van der Waals surface area contributed by atoms with Crippen LogP contribution in [0.4, 0.5) is 0 Å². The van der Waals surface area contributed by atoms with Crippen molar-refractivity contribution in [1.82, 2.24) is 14.4 Å². The summed E-state index contributed by atoms with van der Waals surface area (Å²) in [6.07, 6.45) is 3.73. The van der Waals surface area contributed by atoms with E-state index < -0.39 is 16.1 Å². The molecule has 5 rings (SSSR count). The van der Waals surface area contributed by atoms with Crippen LogP contribution in [0, 0.1) is 0 Å². The molecule has 0 spiro atoms. The molecule has 2 aromatic carbocycles. The highest BCUT2D eigenvalue weighted by atomic mass is 32.2. The van der Waals surface area contributed by atoms with Gasteiger partial charge in [0.05, 0.1) is 32.6 Å². The average molecular weight is 421 g/mol. The van der Waals surface area contributed by atoms with Gasteiger partial charge >= 0.3 is 0 Å². The van der Waals surface area contributed by atoms with Crippen LogP contribution >= 0.6 is 11.3 Å². The number of fused-ring (bicyclic) bond motifs is 1. The van der Waals surface area contributed by atoms with Gasteiger partial charge in [-0.1, -0.05) is 36.4 Å². The van der Waals surface area contributed by atoms with Crippen LogP contribution in [0.3, 0.4) is 0 Å². The summed E-state index contributed by atoms with van der Waals surface area (Å²) in [6.45, 7) is 0. The molecule has 0 saturated carbocycles. The highest BCUT2D eigenvalue weighted by molar-refractivity contribution is 7.89. The van der Waals surface area contributed by atoms with Gasteiger partial charge in [-0.2, -0.15) is 17.9 Å². The topological polar surface area (TPSA) is 75.5 Å². The van der Waals surface area contributed by atoms with Gasteiger partial charge in [-0.05, 0) is 29.6 Å². The van der Waals surface area contributed by atoms with Crippen LogP contribution in [0.15, 0.2) is 88.4 Å². The molecule has 6 nitrogen and oxygen atoms in total. The first-order chi connectivity index (χ1) is 14.1. The Kier molecular flexibility index (Phi) is 4.37. The molecule has 0 bridgehead atoms. The second kappa shape index (κ2) is 7.06. The van der Waals surface area contributed by atoms with Gasteiger partial charge in [-0.3, -0.25) is 9.97 Å². The van der Waals surface area contributed by atoms with E-state index >= 15 is 0 Å². The van der Waals surface area contributed by atoms with Gasteiger partial charge in [0.2, 0.25) is 0 Å². The summed E-state index contributed by atoms with van der Waals surface area (Å²) >= 11 is 1.55. The Labute approximate surface area is 172 Å². The zero-order valence-electron chi connectivity index (χ0n) is 15.2. The number of sulfonamides is 1. The molecule has 1 aliphatic rings. The van der Waals surface area contributed by atoms with Crippen molar-refractivity contribution in [3.8, 4) is 0 Å². The van der Waals surface area contributed by atoms with E-state index in [-0.39, 0.29) is 4.90 Å². The summed E-state index contributed by atoms with van der Waals surface area (Å²) in [5.41, 5.74) is 2.97. The summed E-state index contributed by atoms with van der Waals surface area (Å²) in [6, 6.07) is 17.5. The van der Waals surface area contributed by atoms with Crippen molar-refractivity contribution >= 4 is 38.1 Å². The average Bonchev–Trinajstić information content (AvgIpc) is 3.44. The van der Waals surface area contributed by atoms with Crippen molar-refractivity contribution in [2.24, 2.45) is 5.10 Å². The van der Waals surface area contributed by atoms with E-state index in [1.165, 1.54) is 4.41 Å². The minimum atomic E-state index is -3.83. The molecule has 0 radical (unpaired) electrons. The quantitative estimate of drug-likeness (QED) is 0.495. The van der Waals surface area contributed by atoms with Gasteiger partial charge in [-0.15, -0.1) is 11.3 Å². The predicted molar refractivity (Wildman–Crippen MR) is 113 cm³/mol. The van der Waals surface area contributed by atoms with Gasteiger partial charge in [0.25, 0.3) is 10.0 Å².